The van der Waals surface area contributed by atoms with Crippen molar-refractivity contribution in [3.8, 4) is 34.5 Å². The third-order valence-electron chi connectivity index (χ3n) is 12.2. The van der Waals surface area contributed by atoms with Gasteiger partial charge in [0.1, 0.15) is 60.9 Å². The van der Waals surface area contributed by atoms with Crippen molar-refractivity contribution in [2.75, 3.05) is 39.6 Å². The molecule has 0 saturated carbocycles. The zero-order chi connectivity index (χ0) is 61.6. The van der Waals surface area contributed by atoms with Crippen LogP contribution in [-0.4, -0.2) is 100 Å². The maximum Gasteiger partial charge on any atom is 0.297 e. The Morgan fingerprint density at radius 3 is 0.605 bits per heavy atom. The first-order chi connectivity index (χ1) is 40.9. The van der Waals surface area contributed by atoms with Gasteiger partial charge in [0.25, 0.3) is 20.2 Å². The van der Waals surface area contributed by atoms with Gasteiger partial charge in [-0.2, -0.15) is 16.8 Å². The van der Waals surface area contributed by atoms with Crippen LogP contribution in [0.5, 0.6) is 34.5 Å². The van der Waals surface area contributed by atoms with E-state index >= 15 is 0 Å². The van der Waals surface area contributed by atoms with Gasteiger partial charge < -0.3 is 29.2 Å². The van der Waals surface area contributed by atoms with Gasteiger partial charge in [0, 0.05) is 0 Å². The Hall–Kier alpha value is -8.60. The molecular formula is C60H52O20S6. The van der Waals surface area contributed by atoms with Crippen molar-refractivity contribution in [1.29, 1.82) is 0 Å². The second-order valence-electron chi connectivity index (χ2n) is 18.0. The van der Waals surface area contributed by atoms with Gasteiger partial charge in [-0.25, -0.2) is 33.7 Å². The molecule has 86 heavy (non-hydrogen) atoms. The molecule has 448 valence electrons. The SMILES string of the molecule is O=S(=O)(OCC=CCOc1ccc(S(=O)(=O)c2ccc(O)cc2)cc1)c1ccc(S(=O)(=O)c2ccc(OCC=CCOc3ccc(S(=O)(=O)c4ccc(S(=O)(=O)OCC=CCOc5ccc(S(=O)(=O)c6ccc(O)cc6)cc5)cc4)cc3)cc2)cc1. The molecule has 0 unspecified atom stereocenters. The maximum atomic E-state index is 13.4. The molecule has 0 heterocycles. The minimum absolute atomic E-state index is 0.00910. The Labute approximate surface area is 498 Å². The summed E-state index contributed by atoms with van der Waals surface area (Å²) < 4.78 is 189. The third kappa shape index (κ3) is 16.2. The Bertz CT molecular complexity index is 4130. The zero-order valence-corrected chi connectivity index (χ0v) is 49.8. The molecule has 0 amide bonds. The number of phenols is 2. The summed E-state index contributed by atoms with van der Waals surface area (Å²) in [5, 5.41) is 18.9. The van der Waals surface area contributed by atoms with Gasteiger partial charge in [-0.05, 0) is 218 Å². The van der Waals surface area contributed by atoms with E-state index in [-0.39, 0.29) is 100 Å². The van der Waals surface area contributed by atoms with E-state index in [9.17, 15) is 60.7 Å². The molecule has 0 aliphatic heterocycles. The fraction of sp³-hybridized carbons (Fsp3) is 0.100. The van der Waals surface area contributed by atoms with Gasteiger partial charge in [-0.3, -0.25) is 8.37 Å². The highest BCUT2D eigenvalue weighted by molar-refractivity contribution is 7.92. The number of phenolic OH excluding ortho intramolecular Hbond substituents is 2. The first-order valence-corrected chi connectivity index (χ1v) is 34.1. The molecule has 0 aliphatic carbocycles. The fourth-order valence-electron chi connectivity index (χ4n) is 7.61. The van der Waals surface area contributed by atoms with Crippen LogP contribution in [0.4, 0.5) is 0 Å². The molecule has 8 rings (SSSR count). The van der Waals surface area contributed by atoms with E-state index in [1.165, 1.54) is 170 Å². The molecule has 0 saturated heterocycles. The number of rotatable bonds is 28. The number of benzene rings is 8. The van der Waals surface area contributed by atoms with Gasteiger partial charge in [0.15, 0.2) is 0 Å². The highest BCUT2D eigenvalue weighted by Gasteiger charge is 2.24. The molecule has 0 bridgehead atoms. The van der Waals surface area contributed by atoms with Crippen LogP contribution in [0.1, 0.15) is 0 Å². The summed E-state index contributed by atoms with van der Waals surface area (Å²) in [6.07, 6.45) is 9.12. The molecule has 26 heteroatoms. The lowest BCUT2D eigenvalue weighted by atomic mass is 10.3. The number of hydrogen-bond donors (Lipinski definition) is 2. The minimum atomic E-state index is -4.27. The number of aromatic hydroxyl groups is 2. The number of hydrogen-bond acceptors (Lipinski definition) is 20. The zero-order valence-electron chi connectivity index (χ0n) is 44.9. The Balaban J connectivity index is 0.716. The summed E-state index contributed by atoms with van der Waals surface area (Å²) in [6.45, 7) is -0.517. The summed E-state index contributed by atoms with van der Waals surface area (Å²) in [7, 11) is -24.3. The van der Waals surface area contributed by atoms with Crippen LogP contribution >= 0.6 is 0 Å². The molecular weight excluding hydrogens is 1230 g/mol. The van der Waals surface area contributed by atoms with Crippen LogP contribution in [0.3, 0.4) is 0 Å². The van der Waals surface area contributed by atoms with Gasteiger partial charge in [-0.1, -0.05) is 12.2 Å². The summed E-state index contributed by atoms with van der Waals surface area (Å²) >= 11 is 0. The number of sulfone groups is 4. The molecule has 0 fully saturated rings. The Morgan fingerprint density at radius 1 is 0.233 bits per heavy atom. The highest BCUT2D eigenvalue weighted by atomic mass is 32.2. The standard InChI is InChI=1S/C60H52O20S6/c61-45-7-19-51(20-8-45)81(63,64)53-23-11-49(12-24-53)77-41-3-5-43-79-85(71,72)59-35-31-57(32-36-59)83(67,68)55-27-15-47(16-28-55)75-39-1-2-40-76-48-17-29-56(30-18-48)84(69,70)58-33-37-60(38-34-58)86(73,74)80-44-6-4-42-78-50-13-25-54(26-14-50)82(65,66)52-21-9-46(62)10-22-52/h1-38,61-62H,39-44H2. The van der Waals surface area contributed by atoms with Gasteiger partial charge in [0.05, 0.1) is 62.2 Å². The smallest absolute Gasteiger partial charge is 0.297 e. The predicted octanol–water partition coefficient (Wildman–Crippen LogP) is 9.12. The van der Waals surface area contributed by atoms with Crippen LogP contribution in [-0.2, 0) is 68.0 Å². The van der Waals surface area contributed by atoms with E-state index in [2.05, 4.69) is 0 Å². The summed E-state index contributed by atoms with van der Waals surface area (Å²) in [6, 6.07) is 41.9. The molecule has 20 nitrogen and oxygen atoms in total. The average Bonchev–Trinajstić information content (AvgIpc) is 1.72. The second kappa shape index (κ2) is 27.6. The lowest BCUT2D eigenvalue weighted by molar-refractivity contribution is 0.347. The first kappa shape index (κ1) is 63.4. The van der Waals surface area contributed by atoms with Crippen LogP contribution in [0.25, 0.3) is 0 Å². The first-order valence-electron chi connectivity index (χ1n) is 25.4. The highest BCUT2D eigenvalue weighted by Crippen LogP contribution is 2.29. The Morgan fingerprint density at radius 2 is 0.395 bits per heavy atom. The van der Waals surface area contributed by atoms with Gasteiger partial charge in [-0.15, -0.1) is 0 Å². The van der Waals surface area contributed by atoms with Gasteiger partial charge in [0.2, 0.25) is 39.3 Å². The van der Waals surface area contributed by atoms with Crippen LogP contribution in [0.15, 0.2) is 280 Å². The molecule has 2 N–H and O–H groups in total. The predicted molar refractivity (Wildman–Crippen MR) is 312 cm³/mol. The fourth-order valence-corrected chi connectivity index (χ4v) is 14.4. The van der Waals surface area contributed by atoms with E-state index in [1.807, 2.05) is 0 Å². The van der Waals surface area contributed by atoms with Crippen LogP contribution in [0, 0.1) is 0 Å². The van der Waals surface area contributed by atoms with Crippen LogP contribution in [0.2, 0.25) is 0 Å². The summed E-state index contributed by atoms with van der Waals surface area (Å²) in [5.41, 5.74) is 0. The maximum absolute atomic E-state index is 13.4. The van der Waals surface area contributed by atoms with Crippen molar-refractivity contribution in [3.63, 3.8) is 0 Å². The summed E-state index contributed by atoms with van der Waals surface area (Å²) in [4.78, 5) is -0.943. The molecule has 0 spiro atoms. The normalized spacial score (nSPS) is 12.6. The number of ether oxygens (including phenoxy) is 4. The Kier molecular flexibility index (Phi) is 20.4. The van der Waals surface area contributed by atoms with E-state index in [1.54, 1.807) is 12.2 Å². The molecule has 0 radical (unpaired) electrons. The third-order valence-corrected chi connectivity index (χ3v) is 21.9. The van der Waals surface area contributed by atoms with Crippen molar-refractivity contribution in [2.24, 2.45) is 0 Å². The molecule has 8 aromatic carbocycles. The lowest BCUT2D eigenvalue weighted by Gasteiger charge is -2.09. The van der Waals surface area contributed by atoms with Crippen molar-refractivity contribution in [1.82, 2.24) is 0 Å². The van der Waals surface area contributed by atoms with Gasteiger partial charge >= 0.3 is 0 Å². The van der Waals surface area contributed by atoms with E-state index in [4.69, 9.17) is 27.3 Å². The van der Waals surface area contributed by atoms with E-state index in [0.29, 0.717) is 23.0 Å². The molecule has 0 aromatic heterocycles. The summed E-state index contributed by atoms with van der Waals surface area (Å²) in [5.74, 6) is 1.28. The van der Waals surface area contributed by atoms with Crippen molar-refractivity contribution < 1.29 is 88.0 Å². The second-order valence-corrected chi connectivity index (χ2v) is 29.0. The van der Waals surface area contributed by atoms with Crippen molar-refractivity contribution >= 4 is 59.6 Å². The minimum Gasteiger partial charge on any atom is -0.508 e. The molecule has 0 atom stereocenters. The lowest BCUT2D eigenvalue weighted by Crippen LogP contribution is -2.08. The molecule has 8 aromatic rings. The quantitative estimate of drug-likeness (QED) is 0.0341. The monoisotopic (exact) mass is 1280 g/mol. The van der Waals surface area contributed by atoms with Crippen LogP contribution < -0.4 is 18.9 Å². The molecule has 0 aliphatic rings. The average molecular weight is 1290 g/mol. The van der Waals surface area contributed by atoms with E-state index < -0.39 is 59.6 Å². The topological polar surface area (TPSA) is 301 Å². The van der Waals surface area contributed by atoms with E-state index in [0.717, 1.165) is 48.5 Å². The largest absolute Gasteiger partial charge is 0.508 e. The van der Waals surface area contributed by atoms with Crippen molar-refractivity contribution in [2.45, 2.75) is 49.0 Å². The van der Waals surface area contributed by atoms with Crippen molar-refractivity contribution in [3.05, 3.63) is 231 Å².